The molecular weight excluding hydrogens is 274 g/mol. The second kappa shape index (κ2) is 6.73. The van der Waals surface area contributed by atoms with Crippen LogP contribution in [0.3, 0.4) is 0 Å². The molecule has 0 fully saturated rings. The van der Waals surface area contributed by atoms with Gasteiger partial charge in [-0.15, -0.1) is 0 Å². The first-order valence-electron chi connectivity index (χ1n) is 6.83. The summed E-state index contributed by atoms with van der Waals surface area (Å²) in [6, 6.07) is 5.82. The van der Waals surface area contributed by atoms with Crippen molar-refractivity contribution in [2.75, 3.05) is 0 Å². The summed E-state index contributed by atoms with van der Waals surface area (Å²) in [5, 5.41) is 22.5. The molecule has 0 spiro atoms. The average molecular weight is 292 g/mol. The van der Waals surface area contributed by atoms with Gasteiger partial charge in [0.15, 0.2) is 11.6 Å². The molecule has 0 amide bonds. The molecule has 1 unspecified atom stereocenters. The van der Waals surface area contributed by atoms with Crippen LogP contribution >= 0.6 is 0 Å². The SMILES string of the molecule is CCC(C)n1ccc(COc2cc(B(O)O)ccc2F)n1. The summed E-state index contributed by atoms with van der Waals surface area (Å²) in [6.07, 6.45) is 2.82. The van der Waals surface area contributed by atoms with E-state index in [-0.39, 0.29) is 17.8 Å². The van der Waals surface area contributed by atoms with Gasteiger partial charge >= 0.3 is 7.12 Å². The Morgan fingerprint density at radius 1 is 1.38 bits per heavy atom. The lowest BCUT2D eigenvalue weighted by Crippen LogP contribution is -2.29. The van der Waals surface area contributed by atoms with Crippen molar-refractivity contribution in [2.45, 2.75) is 32.9 Å². The molecule has 0 bridgehead atoms. The second-order valence-corrected chi connectivity index (χ2v) is 4.90. The Morgan fingerprint density at radius 3 is 2.81 bits per heavy atom. The van der Waals surface area contributed by atoms with Crippen molar-refractivity contribution in [3.63, 3.8) is 0 Å². The molecule has 1 heterocycles. The van der Waals surface area contributed by atoms with Crippen LogP contribution in [0.2, 0.25) is 0 Å². The van der Waals surface area contributed by atoms with E-state index in [4.69, 9.17) is 14.8 Å². The summed E-state index contributed by atoms with van der Waals surface area (Å²) in [7, 11) is -1.66. The minimum absolute atomic E-state index is 0.0290. The highest BCUT2D eigenvalue weighted by molar-refractivity contribution is 6.58. The van der Waals surface area contributed by atoms with Gasteiger partial charge in [0.25, 0.3) is 0 Å². The average Bonchev–Trinajstić information content (AvgIpc) is 2.94. The Kier molecular flexibility index (Phi) is 4.98. The highest BCUT2D eigenvalue weighted by Gasteiger charge is 2.14. The number of nitrogens with zero attached hydrogens (tertiary/aromatic N) is 2. The summed E-state index contributed by atoms with van der Waals surface area (Å²) in [5.74, 6) is -0.584. The highest BCUT2D eigenvalue weighted by atomic mass is 19.1. The van der Waals surface area contributed by atoms with Crippen molar-refractivity contribution in [2.24, 2.45) is 0 Å². The van der Waals surface area contributed by atoms with Crippen LogP contribution in [0.25, 0.3) is 0 Å². The molecule has 2 aromatic rings. The first kappa shape index (κ1) is 15.5. The number of halogens is 1. The predicted molar refractivity (Wildman–Crippen MR) is 77.8 cm³/mol. The molecule has 112 valence electrons. The number of hydrogen-bond acceptors (Lipinski definition) is 4. The van der Waals surface area contributed by atoms with Crippen molar-refractivity contribution >= 4 is 12.6 Å². The van der Waals surface area contributed by atoms with E-state index >= 15 is 0 Å². The fraction of sp³-hybridized carbons (Fsp3) is 0.357. The largest absolute Gasteiger partial charge is 0.488 e. The van der Waals surface area contributed by atoms with Gasteiger partial charge in [-0.05, 0) is 37.0 Å². The van der Waals surface area contributed by atoms with Crippen LogP contribution in [0.5, 0.6) is 5.75 Å². The molecule has 1 aromatic carbocycles. The minimum Gasteiger partial charge on any atom is -0.484 e. The molecule has 5 nitrogen and oxygen atoms in total. The van der Waals surface area contributed by atoms with E-state index in [0.29, 0.717) is 11.7 Å². The van der Waals surface area contributed by atoms with Crippen molar-refractivity contribution in [1.29, 1.82) is 0 Å². The third-order valence-corrected chi connectivity index (χ3v) is 3.33. The first-order valence-corrected chi connectivity index (χ1v) is 6.83. The van der Waals surface area contributed by atoms with E-state index in [1.165, 1.54) is 12.1 Å². The van der Waals surface area contributed by atoms with Gasteiger partial charge in [-0.3, -0.25) is 4.68 Å². The molecule has 0 saturated heterocycles. The maximum atomic E-state index is 13.6. The summed E-state index contributed by atoms with van der Waals surface area (Å²) in [6.45, 7) is 4.25. The van der Waals surface area contributed by atoms with Crippen LogP contribution in [-0.2, 0) is 6.61 Å². The van der Waals surface area contributed by atoms with Gasteiger partial charge in [-0.25, -0.2) is 4.39 Å². The lowest BCUT2D eigenvalue weighted by Gasteiger charge is -2.09. The van der Waals surface area contributed by atoms with Gasteiger partial charge in [-0.1, -0.05) is 13.0 Å². The third-order valence-electron chi connectivity index (χ3n) is 3.33. The van der Waals surface area contributed by atoms with E-state index in [0.717, 1.165) is 12.5 Å². The molecule has 0 saturated carbocycles. The van der Waals surface area contributed by atoms with Gasteiger partial charge in [0, 0.05) is 12.2 Å². The Morgan fingerprint density at radius 2 is 2.14 bits per heavy atom. The Bertz CT molecular complexity index is 604. The molecule has 1 atom stereocenters. The van der Waals surface area contributed by atoms with Crippen molar-refractivity contribution in [3.8, 4) is 5.75 Å². The third kappa shape index (κ3) is 3.83. The summed E-state index contributed by atoms with van der Waals surface area (Å²) in [5.41, 5.74) is 0.862. The van der Waals surface area contributed by atoms with Crippen LogP contribution < -0.4 is 10.2 Å². The highest BCUT2D eigenvalue weighted by Crippen LogP contribution is 2.17. The van der Waals surface area contributed by atoms with Crippen LogP contribution in [-0.4, -0.2) is 26.9 Å². The normalized spacial score (nSPS) is 12.2. The topological polar surface area (TPSA) is 67.5 Å². The van der Waals surface area contributed by atoms with Gasteiger partial charge in [0.05, 0.1) is 5.69 Å². The lowest BCUT2D eigenvalue weighted by atomic mass is 9.80. The molecule has 2 rings (SSSR count). The van der Waals surface area contributed by atoms with Gasteiger partial charge in [-0.2, -0.15) is 5.10 Å². The van der Waals surface area contributed by atoms with E-state index in [1.54, 1.807) is 0 Å². The molecular formula is C14H18BFN2O3. The number of rotatable bonds is 6. The van der Waals surface area contributed by atoms with E-state index in [2.05, 4.69) is 18.9 Å². The number of hydrogen-bond donors (Lipinski definition) is 2. The molecule has 2 N–H and O–H groups in total. The lowest BCUT2D eigenvalue weighted by molar-refractivity contribution is 0.283. The number of ether oxygens (including phenoxy) is 1. The summed E-state index contributed by atoms with van der Waals surface area (Å²) in [4.78, 5) is 0. The van der Waals surface area contributed by atoms with E-state index in [9.17, 15) is 4.39 Å². The quantitative estimate of drug-likeness (QED) is 0.786. The van der Waals surface area contributed by atoms with Crippen LogP contribution in [0.4, 0.5) is 4.39 Å². The van der Waals surface area contributed by atoms with Gasteiger partial charge in [0.2, 0.25) is 0 Å². The Balaban J connectivity index is 2.06. The van der Waals surface area contributed by atoms with Crippen LogP contribution in [0, 0.1) is 5.82 Å². The van der Waals surface area contributed by atoms with Crippen molar-refractivity contribution in [1.82, 2.24) is 9.78 Å². The molecule has 21 heavy (non-hydrogen) atoms. The van der Waals surface area contributed by atoms with Crippen molar-refractivity contribution < 1.29 is 19.2 Å². The molecule has 0 aliphatic carbocycles. The molecule has 0 aliphatic rings. The molecule has 0 aliphatic heterocycles. The molecule has 7 heteroatoms. The number of aromatic nitrogens is 2. The fourth-order valence-electron chi connectivity index (χ4n) is 1.83. The smallest absolute Gasteiger partial charge is 0.484 e. The van der Waals surface area contributed by atoms with Crippen molar-refractivity contribution in [3.05, 3.63) is 42.0 Å². The summed E-state index contributed by atoms with van der Waals surface area (Å²) >= 11 is 0. The second-order valence-electron chi connectivity index (χ2n) is 4.90. The standard InChI is InChI=1S/C14H18BFN2O3/c1-3-10(2)18-7-6-12(17-18)9-21-14-8-11(15(19)20)4-5-13(14)16/h4-8,10,19-20H,3,9H2,1-2H3. The maximum absolute atomic E-state index is 13.6. The zero-order chi connectivity index (χ0) is 15.4. The van der Waals surface area contributed by atoms with Gasteiger partial charge in [0.1, 0.15) is 6.61 Å². The Labute approximate surface area is 123 Å². The zero-order valence-corrected chi connectivity index (χ0v) is 12.0. The van der Waals surface area contributed by atoms with E-state index in [1.807, 2.05) is 16.9 Å². The molecule has 1 aromatic heterocycles. The monoisotopic (exact) mass is 292 g/mol. The first-order chi connectivity index (χ1) is 10.0. The van der Waals surface area contributed by atoms with Crippen LogP contribution in [0.1, 0.15) is 32.0 Å². The molecule has 0 radical (unpaired) electrons. The maximum Gasteiger partial charge on any atom is 0.488 e. The Hall–Kier alpha value is -1.86. The van der Waals surface area contributed by atoms with Gasteiger partial charge < -0.3 is 14.8 Å². The zero-order valence-electron chi connectivity index (χ0n) is 12.0. The van der Waals surface area contributed by atoms with E-state index < -0.39 is 12.9 Å². The summed E-state index contributed by atoms with van der Waals surface area (Å²) < 4.78 is 20.8. The fourth-order valence-corrected chi connectivity index (χ4v) is 1.83. The van der Waals surface area contributed by atoms with Crippen LogP contribution in [0.15, 0.2) is 30.5 Å². The number of benzene rings is 1. The minimum atomic E-state index is -1.66. The predicted octanol–water partition coefficient (Wildman–Crippen LogP) is 1.25.